The van der Waals surface area contributed by atoms with Gasteiger partial charge in [0.1, 0.15) is 0 Å². The van der Waals surface area contributed by atoms with Crippen LogP contribution in [0.5, 0.6) is 0 Å². The quantitative estimate of drug-likeness (QED) is 0.901. The van der Waals surface area contributed by atoms with Gasteiger partial charge in [0.05, 0.1) is 17.2 Å². The van der Waals surface area contributed by atoms with Gasteiger partial charge in [-0.1, -0.05) is 12.1 Å². The molecule has 2 aromatic rings. The van der Waals surface area contributed by atoms with Crippen molar-refractivity contribution in [3.63, 3.8) is 0 Å². The van der Waals surface area contributed by atoms with Crippen LogP contribution in [0, 0.1) is 12.8 Å². The van der Waals surface area contributed by atoms with Gasteiger partial charge >= 0.3 is 0 Å². The molecule has 0 spiro atoms. The Morgan fingerprint density at radius 1 is 1.42 bits per heavy atom. The molecule has 0 aliphatic carbocycles. The van der Waals surface area contributed by atoms with Crippen LogP contribution in [0.15, 0.2) is 29.3 Å². The molecule has 7 heteroatoms. The Morgan fingerprint density at radius 2 is 2.21 bits per heavy atom. The summed E-state index contributed by atoms with van der Waals surface area (Å²) in [6, 6.07) is 5.57. The normalized spacial score (nSPS) is 17.1. The average molecular weight is 351 g/mol. The molecule has 3 rings (SSSR count). The van der Waals surface area contributed by atoms with Crippen molar-refractivity contribution < 1.29 is 4.79 Å². The predicted molar refractivity (Wildman–Crippen MR) is 96.3 cm³/mol. The van der Waals surface area contributed by atoms with E-state index >= 15 is 0 Å². The molecule has 2 heterocycles. The molecule has 0 bridgehead atoms. The molecule has 1 amide bonds. The number of hydrogen-bond acceptors (Lipinski definition) is 4. The van der Waals surface area contributed by atoms with Gasteiger partial charge in [0.25, 0.3) is 5.56 Å². The molecule has 1 aromatic carbocycles. The van der Waals surface area contributed by atoms with Crippen molar-refractivity contribution in [2.75, 3.05) is 19.6 Å². The first-order valence-corrected chi connectivity index (χ1v) is 8.02. The van der Waals surface area contributed by atoms with Crippen molar-refractivity contribution >= 4 is 29.2 Å². The number of halogens is 1. The summed E-state index contributed by atoms with van der Waals surface area (Å²) in [5, 5.41) is 0.601. The lowest BCUT2D eigenvalue weighted by Gasteiger charge is -2.16. The number of amides is 1. The van der Waals surface area contributed by atoms with E-state index in [0.29, 0.717) is 30.8 Å². The molecule has 1 aromatic heterocycles. The summed E-state index contributed by atoms with van der Waals surface area (Å²) in [5.74, 6) is 0.490. The van der Waals surface area contributed by atoms with E-state index in [1.807, 2.05) is 24.0 Å². The molecule has 1 atom stereocenters. The molecule has 1 saturated heterocycles. The molecule has 1 unspecified atom stereocenters. The summed E-state index contributed by atoms with van der Waals surface area (Å²) >= 11 is 0. The van der Waals surface area contributed by atoms with Gasteiger partial charge in [0.15, 0.2) is 0 Å². The molecular formula is C17H23ClN4O2. The largest absolute Gasteiger partial charge is 0.342 e. The van der Waals surface area contributed by atoms with Crippen LogP contribution in [0.4, 0.5) is 0 Å². The van der Waals surface area contributed by atoms with Crippen molar-refractivity contribution in [2.45, 2.75) is 26.3 Å². The number of likely N-dealkylation sites (tertiary alicyclic amines) is 1. The molecular weight excluding hydrogens is 328 g/mol. The Balaban J connectivity index is 0.00000208. The monoisotopic (exact) mass is 350 g/mol. The fourth-order valence-corrected chi connectivity index (χ4v) is 3.12. The third kappa shape index (κ3) is 3.60. The third-order valence-electron chi connectivity index (χ3n) is 4.59. The van der Waals surface area contributed by atoms with Crippen LogP contribution in [0.2, 0.25) is 0 Å². The number of carbonyl (C=O) groups excluding carboxylic acids is 1. The number of benzene rings is 1. The van der Waals surface area contributed by atoms with Crippen molar-refractivity contribution in [3.05, 3.63) is 40.4 Å². The minimum atomic E-state index is -0.0900. The Hall–Kier alpha value is -1.92. The minimum absolute atomic E-state index is 0. The van der Waals surface area contributed by atoms with Gasteiger partial charge in [0, 0.05) is 26.1 Å². The predicted octanol–water partition coefficient (Wildman–Crippen LogP) is 1.32. The Kier molecular flexibility index (Phi) is 5.96. The van der Waals surface area contributed by atoms with Gasteiger partial charge in [-0.15, -0.1) is 12.4 Å². The second-order valence-corrected chi connectivity index (χ2v) is 6.19. The summed E-state index contributed by atoms with van der Waals surface area (Å²) in [7, 11) is 0. The lowest BCUT2D eigenvalue weighted by atomic mass is 10.1. The highest BCUT2D eigenvalue weighted by Gasteiger charge is 2.24. The second-order valence-electron chi connectivity index (χ2n) is 6.19. The third-order valence-corrected chi connectivity index (χ3v) is 4.59. The fourth-order valence-electron chi connectivity index (χ4n) is 3.12. The molecule has 24 heavy (non-hydrogen) atoms. The molecule has 1 aliphatic heterocycles. The first-order valence-electron chi connectivity index (χ1n) is 8.02. The number of aryl methyl sites for hydroxylation is 2. The maximum atomic E-state index is 12.5. The van der Waals surface area contributed by atoms with Crippen molar-refractivity contribution in [3.8, 4) is 0 Å². The number of carbonyl (C=O) groups is 1. The number of rotatable bonds is 4. The van der Waals surface area contributed by atoms with Crippen molar-refractivity contribution in [1.29, 1.82) is 0 Å². The van der Waals surface area contributed by atoms with E-state index in [4.69, 9.17) is 5.73 Å². The van der Waals surface area contributed by atoms with Crippen molar-refractivity contribution in [1.82, 2.24) is 14.5 Å². The van der Waals surface area contributed by atoms with E-state index in [-0.39, 0.29) is 23.9 Å². The zero-order valence-electron chi connectivity index (χ0n) is 13.8. The summed E-state index contributed by atoms with van der Waals surface area (Å²) in [5.41, 5.74) is 7.27. The topological polar surface area (TPSA) is 81.2 Å². The molecule has 0 radical (unpaired) electrons. The Morgan fingerprint density at radius 3 is 2.92 bits per heavy atom. The van der Waals surface area contributed by atoms with Crippen LogP contribution in [0.25, 0.3) is 10.9 Å². The SMILES string of the molecule is Cc1cccc2c(=O)n(CCC(=O)N3CCC(CN)C3)cnc12.Cl. The zero-order valence-corrected chi connectivity index (χ0v) is 14.6. The summed E-state index contributed by atoms with van der Waals surface area (Å²) < 4.78 is 1.52. The molecule has 130 valence electrons. The number of nitrogens with two attached hydrogens (primary N) is 1. The zero-order chi connectivity index (χ0) is 16.4. The summed E-state index contributed by atoms with van der Waals surface area (Å²) in [6.45, 7) is 4.42. The number of para-hydroxylation sites is 1. The number of aromatic nitrogens is 2. The highest BCUT2D eigenvalue weighted by Crippen LogP contribution is 2.16. The van der Waals surface area contributed by atoms with E-state index < -0.39 is 0 Å². The standard InChI is InChI=1S/C17H22N4O2.ClH/c1-12-3-2-4-14-16(12)19-11-21(17(14)23)8-6-15(22)20-7-5-13(9-18)10-20;/h2-4,11,13H,5-10,18H2,1H3;1H. The molecule has 0 saturated carbocycles. The first-order chi connectivity index (χ1) is 11.1. The molecule has 6 nitrogen and oxygen atoms in total. The van der Waals surface area contributed by atoms with E-state index in [1.54, 1.807) is 6.07 Å². The van der Waals surface area contributed by atoms with E-state index in [0.717, 1.165) is 30.6 Å². The minimum Gasteiger partial charge on any atom is -0.342 e. The van der Waals surface area contributed by atoms with Gasteiger partial charge in [-0.25, -0.2) is 4.98 Å². The van der Waals surface area contributed by atoms with Crippen LogP contribution in [0.3, 0.4) is 0 Å². The van der Waals surface area contributed by atoms with E-state index in [1.165, 1.54) is 10.9 Å². The van der Waals surface area contributed by atoms with Crippen molar-refractivity contribution in [2.24, 2.45) is 11.7 Å². The number of nitrogens with zero attached hydrogens (tertiary/aromatic N) is 3. The number of fused-ring (bicyclic) bond motifs is 1. The second kappa shape index (κ2) is 7.77. The van der Waals surface area contributed by atoms with Gasteiger partial charge in [-0.3, -0.25) is 14.2 Å². The summed E-state index contributed by atoms with van der Waals surface area (Å²) in [4.78, 5) is 31.0. The molecule has 2 N–H and O–H groups in total. The average Bonchev–Trinajstić information content (AvgIpc) is 3.04. The van der Waals surface area contributed by atoms with Crippen LogP contribution in [-0.2, 0) is 11.3 Å². The highest BCUT2D eigenvalue weighted by atomic mass is 35.5. The maximum absolute atomic E-state index is 12.5. The smallest absolute Gasteiger partial charge is 0.261 e. The molecule has 1 fully saturated rings. The highest BCUT2D eigenvalue weighted by molar-refractivity contribution is 5.85. The fraction of sp³-hybridized carbons (Fsp3) is 0.471. The van der Waals surface area contributed by atoms with E-state index in [9.17, 15) is 9.59 Å². The van der Waals surface area contributed by atoms with Gasteiger partial charge in [-0.2, -0.15) is 0 Å². The van der Waals surface area contributed by atoms with Gasteiger partial charge < -0.3 is 10.6 Å². The summed E-state index contributed by atoms with van der Waals surface area (Å²) in [6.07, 6.45) is 2.83. The molecule has 1 aliphatic rings. The van der Waals surface area contributed by atoms with Crippen LogP contribution >= 0.6 is 12.4 Å². The van der Waals surface area contributed by atoms with Gasteiger partial charge in [-0.05, 0) is 37.4 Å². The Bertz CT molecular complexity index is 790. The van der Waals surface area contributed by atoms with E-state index in [2.05, 4.69) is 4.98 Å². The Labute approximate surface area is 147 Å². The number of hydrogen-bond donors (Lipinski definition) is 1. The van der Waals surface area contributed by atoms with Gasteiger partial charge in [0.2, 0.25) is 5.91 Å². The first kappa shape index (κ1) is 18.4. The lowest BCUT2D eigenvalue weighted by Crippen LogP contribution is -2.31. The van der Waals surface area contributed by atoms with Crippen LogP contribution < -0.4 is 11.3 Å². The lowest BCUT2D eigenvalue weighted by molar-refractivity contribution is -0.130. The maximum Gasteiger partial charge on any atom is 0.261 e. The van der Waals surface area contributed by atoms with Crippen LogP contribution in [0.1, 0.15) is 18.4 Å². The van der Waals surface area contributed by atoms with Crippen LogP contribution in [-0.4, -0.2) is 40.0 Å².